The number of para-hydroxylation sites is 1. The maximum absolute atomic E-state index is 10.2. The van der Waals surface area contributed by atoms with E-state index in [1.165, 1.54) is 0 Å². The molecule has 0 amide bonds. The van der Waals surface area contributed by atoms with E-state index >= 15 is 0 Å². The van der Waals surface area contributed by atoms with Crippen molar-refractivity contribution >= 4 is 5.69 Å². The Morgan fingerprint density at radius 2 is 0.661 bits per heavy atom. The molecule has 17 heteroatoms. The molecule has 4 aliphatic rings. The molecule has 0 radical (unpaired) electrons. The predicted molar refractivity (Wildman–Crippen MR) is 431 cm³/mol. The number of rotatable bonds is 14. The van der Waals surface area contributed by atoms with E-state index in [-0.39, 0.29) is 87.6 Å². The second-order valence-corrected chi connectivity index (χ2v) is 28.0. The number of hydrogen-bond donors (Lipinski definition) is 8. The van der Waals surface area contributed by atoms with Gasteiger partial charge in [0.25, 0.3) is 0 Å². The number of nitrogens with two attached hydrogens (primary N) is 1. The predicted octanol–water partition coefficient (Wildman–Crippen LogP) is 19.6. The van der Waals surface area contributed by atoms with Crippen LogP contribution in [0.25, 0.3) is 0 Å². The standard InChI is InChI=1S/C27H22O4.C25H26O5.C22H20O4.C21H19NO3/c28-20-10-6-18(7-11-20)25-17-30-26-16-21(29)12-15-24(26)27(25)19-8-13-23(14-9-19)31-22-4-2-1-3-5-22;1-15-21(26)11-10-19-24(16-5-8-18(27-2)9-6-16)20(14-30-25(15)19)17-7-12-22(28-3)23(13-17)29-4;1-25-18-4-2-3-15(11-18)22-19-10-9-17(24)12-21(19)26-13-20(22)14-5-7-16(23)8-6-14;22-15-3-1-2-14(10-15)21-18-9-8-17(24)11-20(18)25-12-19(21)13-4-6-16(23)7-5-13/h1-16,25,27-29H,17H2;5-13,20,24,26H,14H2,1-4H3;2-12,20,22-24H,13H2,1H3;1-11,19,21,23-24H,12,22H2. The average Bonchev–Trinajstić information content (AvgIpc) is 0.717. The SMILES string of the molecule is COc1ccc(C2c3ccc(O)c(C)c3OCC2c2ccc(OC)c(OC)c2)cc1.COc1cccc(C2c3ccc(O)cc3OCC2c2ccc(O)cc2)c1.Nc1cccc(C2c3ccc(O)cc3OCC2c2ccc(O)cc2)c1.Oc1ccc(C2COc3cc(O)ccc3C2c2ccc(Oc3ccccc3)cc2)cc1. The quantitative estimate of drug-likeness (QED) is 0.0471. The lowest BCUT2D eigenvalue weighted by Crippen LogP contribution is -2.26. The van der Waals surface area contributed by atoms with E-state index in [4.69, 9.17) is 48.4 Å². The number of nitrogen functional groups attached to an aromatic ring is 1. The number of hydrogen-bond acceptors (Lipinski definition) is 17. The van der Waals surface area contributed by atoms with E-state index in [9.17, 15) is 35.7 Å². The maximum atomic E-state index is 10.2. The van der Waals surface area contributed by atoms with Crippen LogP contribution >= 0.6 is 0 Å². The van der Waals surface area contributed by atoms with Crippen molar-refractivity contribution in [1.82, 2.24) is 0 Å². The van der Waals surface area contributed by atoms with Crippen molar-refractivity contribution in [2.45, 2.75) is 54.3 Å². The molecule has 0 saturated heterocycles. The molecule has 4 heterocycles. The van der Waals surface area contributed by atoms with Gasteiger partial charge in [0, 0.05) is 99.0 Å². The molecule has 112 heavy (non-hydrogen) atoms. The third-order valence-electron chi connectivity index (χ3n) is 21.2. The highest BCUT2D eigenvalue weighted by atomic mass is 16.5. The first-order chi connectivity index (χ1) is 54.5. The van der Waals surface area contributed by atoms with Crippen molar-refractivity contribution in [2.75, 3.05) is 60.6 Å². The lowest BCUT2D eigenvalue weighted by Gasteiger charge is -2.35. The smallest absolute Gasteiger partial charge is 0.160 e. The zero-order chi connectivity index (χ0) is 77.9. The van der Waals surface area contributed by atoms with E-state index in [0.717, 1.165) is 101 Å². The van der Waals surface area contributed by atoms with Crippen LogP contribution in [0.15, 0.2) is 285 Å². The number of ether oxygens (including phenoxy) is 9. The van der Waals surface area contributed by atoms with Gasteiger partial charge in [0.1, 0.15) is 86.2 Å². The van der Waals surface area contributed by atoms with Crippen LogP contribution in [0.5, 0.6) is 97.7 Å². The Kier molecular flexibility index (Phi) is 22.8. The molecule has 13 aromatic rings. The fourth-order valence-corrected chi connectivity index (χ4v) is 15.6. The normalized spacial score (nSPS) is 18.1. The average molecular weight is 1500 g/mol. The molecule has 0 aromatic heterocycles. The van der Waals surface area contributed by atoms with Crippen molar-refractivity contribution in [3.05, 3.63) is 357 Å². The van der Waals surface area contributed by atoms with Crippen molar-refractivity contribution < 1.29 is 78.4 Å². The molecule has 4 aliphatic heterocycles. The minimum atomic E-state index is 0.0414. The summed E-state index contributed by atoms with van der Waals surface area (Å²) in [5, 5.41) is 68.6. The third-order valence-corrected chi connectivity index (χ3v) is 21.2. The van der Waals surface area contributed by atoms with Crippen LogP contribution in [0.4, 0.5) is 5.69 Å². The van der Waals surface area contributed by atoms with Gasteiger partial charge in [0.15, 0.2) is 11.5 Å². The first kappa shape index (κ1) is 75.3. The Bertz CT molecular complexity index is 5370. The summed E-state index contributed by atoms with van der Waals surface area (Å²) in [6.45, 7) is 3.83. The molecule has 13 aromatic carbocycles. The zero-order valence-corrected chi connectivity index (χ0v) is 62.5. The summed E-state index contributed by atoms with van der Waals surface area (Å²) in [5.74, 6) is 9.46. The molecule has 0 spiro atoms. The summed E-state index contributed by atoms with van der Waals surface area (Å²) in [7, 11) is 6.60. The first-order valence-corrected chi connectivity index (χ1v) is 36.9. The van der Waals surface area contributed by atoms with Gasteiger partial charge in [0.05, 0.1) is 54.9 Å². The minimum absolute atomic E-state index is 0.0414. The number of fused-ring (bicyclic) bond motifs is 4. The first-order valence-electron chi connectivity index (χ1n) is 36.9. The number of benzene rings is 13. The molecule has 8 atom stereocenters. The van der Waals surface area contributed by atoms with Crippen LogP contribution < -0.4 is 48.4 Å². The summed E-state index contributed by atoms with van der Waals surface area (Å²) < 4.78 is 51.7. The molecule has 0 fully saturated rings. The van der Waals surface area contributed by atoms with Crippen LogP contribution in [0.2, 0.25) is 0 Å². The van der Waals surface area contributed by atoms with Gasteiger partial charge < -0.3 is 84.1 Å². The van der Waals surface area contributed by atoms with Gasteiger partial charge in [-0.05, 0) is 185 Å². The molecule has 0 saturated carbocycles. The van der Waals surface area contributed by atoms with Crippen molar-refractivity contribution in [1.29, 1.82) is 0 Å². The van der Waals surface area contributed by atoms with Gasteiger partial charge in [-0.25, -0.2) is 0 Å². The van der Waals surface area contributed by atoms with E-state index in [1.807, 2.05) is 171 Å². The Morgan fingerprint density at radius 3 is 1.12 bits per heavy atom. The second-order valence-electron chi connectivity index (χ2n) is 28.0. The molecule has 9 N–H and O–H groups in total. The topological polar surface area (TPSA) is 251 Å². The molecule has 0 aliphatic carbocycles. The van der Waals surface area contributed by atoms with Crippen LogP contribution in [-0.2, 0) is 0 Å². The monoisotopic (exact) mass is 1500 g/mol. The van der Waals surface area contributed by atoms with Crippen LogP contribution in [-0.4, -0.2) is 90.6 Å². The maximum Gasteiger partial charge on any atom is 0.160 e. The highest BCUT2D eigenvalue weighted by molar-refractivity contribution is 5.59. The number of anilines is 1. The van der Waals surface area contributed by atoms with Crippen molar-refractivity contribution in [2.24, 2.45) is 0 Å². The number of phenols is 7. The number of aromatic hydroxyl groups is 7. The minimum Gasteiger partial charge on any atom is -0.508 e. The highest BCUT2D eigenvalue weighted by Crippen LogP contribution is 2.53. The van der Waals surface area contributed by atoms with E-state index in [2.05, 4.69) is 42.5 Å². The fourth-order valence-electron chi connectivity index (χ4n) is 15.6. The Hall–Kier alpha value is -13.5. The second kappa shape index (κ2) is 33.9. The number of methoxy groups -OCH3 is 4. The summed E-state index contributed by atoms with van der Waals surface area (Å²) in [5.41, 5.74) is 20.5. The van der Waals surface area contributed by atoms with Crippen molar-refractivity contribution in [3.63, 3.8) is 0 Å². The van der Waals surface area contributed by atoms with Crippen LogP contribution in [0.3, 0.4) is 0 Å². The van der Waals surface area contributed by atoms with Gasteiger partial charge in [0.2, 0.25) is 0 Å². The van der Waals surface area contributed by atoms with Crippen LogP contribution in [0.1, 0.15) is 120 Å². The Labute approximate surface area is 650 Å². The Balaban J connectivity index is 0.000000124. The lowest BCUT2D eigenvalue weighted by molar-refractivity contribution is 0.245. The molecular formula is C95H87NO16. The summed E-state index contributed by atoms with van der Waals surface area (Å²) in [6, 6.07) is 89.2. The highest BCUT2D eigenvalue weighted by Gasteiger charge is 2.39. The molecule has 17 rings (SSSR count). The van der Waals surface area contributed by atoms with Gasteiger partial charge in [-0.15, -0.1) is 0 Å². The summed E-state index contributed by atoms with van der Waals surface area (Å²) >= 11 is 0. The van der Waals surface area contributed by atoms with Gasteiger partial charge >= 0.3 is 0 Å². The Morgan fingerprint density at radius 1 is 0.286 bits per heavy atom. The van der Waals surface area contributed by atoms with E-state index in [0.29, 0.717) is 60.9 Å². The molecule has 17 nitrogen and oxygen atoms in total. The van der Waals surface area contributed by atoms with Gasteiger partial charge in [-0.1, -0.05) is 133 Å². The van der Waals surface area contributed by atoms with Gasteiger partial charge in [-0.2, -0.15) is 0 Å². The number of phenolic OH excluding ortho intramolecular Hbond substituents is 7. The third kappa shape index (κ3) is 16.7. The van der Waals surface area contributed by atoms with E-state index in [1.54, 1.807) is 107 Å². The van der Waals surface area contributed by atoms with Crippen LogP contribution in [0, 0.1) is 6.92 Å². The van der Waals surface area contributed by atoms with Crippen molar-refractivity contribution in [3.8, 4) is 97.7 Å². The fraction of sp³-hybridized carbons (Fsp3) is 0.179. The summed E-state index contributed by atoms with van der Waals surface area (Å²) in [6.07, 6.45) is 0. The van der Waals surface area contributed by atoms with Gasteiger partial charge in [-0.3, -0.25) is 0 Å². The molecular weight excluding hydrogens is 1410 g/mol. The largest absolute Gasteiger partial charge is 0.508 e. The summed E-state index contributed by atoms with van der Waals surface area (Å²) in [4.78, 5) is 0. The van der Waals surface area contributed by atoms with E-state index < -0.39 is 0 Å². The lowest BCUT2D eigenvalue weighted by atomic mass is 9.75. The molecule has 8 unspecified atom stereocenters. The molecule has 568 valence electrons. The molecule has 0 bridgehead atoms. The zero-order valence-electron chi connectivity index (χ0n) is 62.5.